The highest BCUT2D eigenvalue weighted by atomic mass is 79.9. The topological polar surface area (TPSA) is 41.6 Å². The summed E-state index contributed by atoms with van der Waals surface area (Å²) in [5.41, 5.74) is 4.20. The van der Waals surface area contributed by atoms with E-state index in [0.29, 0.717) is 5.92 Å². The van der Waals surface area contributed by atoms with Crippen molar-refractivity contribution in [2.75, 3.05) is 36.5 Å². The van der Waals surface area contributed by atoms with Crippen molar-refractivity contribution in [3.63, 3.8) is 0 Å². The van der Waals surface area contributed by atoms with Gasteiger partial charge in [-0.15, -0.1) is 0 Å². The predicted molar refractivity (Wildman–Crippen MR) is 115 cm³/mol. The van der Waals surface area contributed by atoms with E-state index >= 15 is 0 Å². The molecular formula is C22H25BrN2O2. The molecule has 2 aromatic rings. The first-order chi connectivity index (χ1) is 13.0. The Morgan fingerprint density at radius 3 is 2.48 bits per heavy atom. The number of nitrogens with zero attached hydrogens (tertiary/aromatic N) is 1. The molecule has 1 fully saturated rings. The van der Waals surface area contributed by atoms with Crippen LogP contribution >= 0.6 is 15.9 Å². The van der Waals surface area contributed by atoms with E-state index in [0.717, 1.165) is 47.7 Å². The molecule has 0 bridgehead atoms. The quantitative estimate of drug-likeness (QED) is 0.676. The summed E-state index contributed by atoms with van der Waals surface area (Å²) < 4.78 is 6.37. The summed E-state index contributed by atoms with van der Waals surface area (Å²) in [6.45, 7) is 7.58. The third-order valence-electron chi connectivity index (χ3n) is 4.60. The molecule has 142 valence electrons. The maximum Gasteiger partial charge on any atom is 0.248 e. The summed E-state index contributed by atoms with van der Waals surface area (Å²) in [6.07, 6.45) is 3.39. The van der Waals surface area contributed by atoms with Crippen LogP contribution in [0.3, 0.4) is 0 Å². The van der Waals surface area contributed by atoms with Crippen molar-refractivity contribution < 1.29 is 9.53 Å². The Balaban J connectivity index is 1.61. The average molecular weight is 429 g/mol. The summed E-state index contributed by atoms with van der Waals surface area (Å²) in [5.74, 6) is 0.360. The number of morpholine rings is 1. The van der Waals surface area contributed by atoms with Crippen LogP contribution in [0, 0.1) is 0 Å². The van der Waals surface area contributed by atoms with E-state index < -0.39 is 0 Å². The van der Waals surface area contributed by atoms with Crippen LogP contribution in [0.25, 0.3) is 6.08 Å². The van der Waals surface area contributed by atoms with Crippen molar-refractivity contribution >= 4 is 39.3 Å². The number of nitrogens with one attached hydrogen (secondary N) is 1. The van der Waals surface area contributed by atoms with Gasteiger partial charge >= 0.3 is 0 Å². The van der Waals surface area contributed by atoms with Gasteiger partial charge in [0, 0.05) is 29.3 Å². The zero-order valence-electron chi connectivity index (χ0n) is 15.7. The van der Waals surface area contributed by atoms with E-state index in [9.17, 15) is 4.79 Å². The SMILES string of the molecule is CC(C)c1ccc(/C=C/C(=O)Nc2ccc(N3CCOCC3)c(Br)c2)cc1. The van der Waals surface area contributed by atoms with Gasteiger partial charge < -0.3 is 15.0 Å². The van der Waals surface area contributed by atoms with Crippen molar-refractivity contribution in [3.05, 3.63) is 64.1 Å². The van der Waals surface area contributed by atoms with Gasteiger partial charge in [-0.25, -0.2) is 0 Å². The Hall–Kier alpha value is -2.11. The predicted octanol–water partition coefficient (Wildman–Crippen LogP) is 5.06. The zero-order chi connectivity index (χ0) is 19.2. The molecule has 4 nitrogen and oxygen atoms in total. The van der Waals surface area contributed by atoms with Crippen LogP contribution in [0.1, 0.15) is 30.9 Å². The van der Waals surface area contributed by atoms with Gasteiger partial charge in [-0.3, -0.25) is 4.79 Å². The second kappa shape index (κ2) is 9.20. The lowest BCUT2D eigenvalue weighted by molar-refractivity contribution is -0.111. The molecular weight excluding hydrogens is 404 g/mol. The molecule has 1 saturated heterocycles. The highest BCUT2D eigenvalue weighted by Gasteiger charge is 2.14. The van der Waals surface area contributed by atoms with Gasteiger partial charge in [0.15, 0.2) is 0 Å². The minimum Gasteiger partial charge on any atom is -0.378 e. The van der Waals surface area contributed by atoms with E-state index in [-0.39, 0.29) is 5.91 Å². The van der Waals surface area contributed by atoms with Crippen LogP contribution in [0.5, 0.6) is 0 Å². The van der Waals surface area contributed by atoms with Crippen molar-refractivity contribution in [1.82, 2.24) is 0 Å². The fourth-order valence-electron chi connectivity index (χ4n) is 2.99. The van der Waals surface area contributed by atoms with Crippen LogP contribution in [-0.4, -0.2) is 32.2 Å². The first kappa shape index (κ1) is 19.6. The number of amides is 1. The molecule has 5 heteroatoms. The molecule has 1 heterocycles. The molecule has 0 spiro atoms. The van der Waals surface area contributed by atoms with Crippen LogP contribution in [0.4, 0.5) is 11.4 Å². The third kappa shape index (κ3) is 5.44. The van der Waals surface area contributed by atoms with E-state index in [1.807, 2.05) is 36.4 Å². The normalized spacial score (nSPS) is 14.7. The van der Waals surface area contributed by atoms with Gasteiger partial charge in [-0.05, 0) is 57.2 Å². The van der Waals surface area contributed by atoms with E-state index in [1.165, 1.54) is 5.56 Å². The molecule has 27 heavy (non-hydrogen) atoms. The first-order valence-corrected chi connectivity index (χ1v) is 10.0. The summed E-state index contributed by atoms with van der Waals surface area (Å²) >= 11 is 3.61. The number of rotatable bonds is 5. The summed E-state index contributed by atoms with van der Waals surface area (Å²) in [4.78, 5) is 14.5. The summed E-state index contributed by atoms with van der Waals surface area (Å²) in [6, 6.07) is 14.2. The van der Waals surface area contributed by atoms with Gasteiger partial charge in [-0.1, -0.05) is 38.1 Å². The Bertz CT molecular complexity index is 810. The van der Waals surface area contributed by atoms with Crippen LogP contribution < -0.4 is 10.2 Å². The summed E-state index contributed by atoms with van der Waals surface area (Å²) in [5, 5.41) is 2.91. The maximum absolute atomic E-state index is 12.2. The Morgan fingerprint density at radius 1 is 1.15 bits per heavy atom. The van der Waals surface area contributed by atoms with Crippen molar-refractivity contribution in [2.45, 2.75) is 19.8 Å². The second-order valence-electron chi connectivity index (χ2n) is 6.91. The molecule has 0 radical (unpaired) electrons. The number of carbonyl (C=O) groups excluding carboxylic acids is 1. The molecule has 0 atom stereocenters. The number of halogens is 1. The number of carbonyl (C=O) groups is 1. The van der Waals surface area contributed by atoms with Crippen molar-refractivity contribution in [2.24, 2.45) is 0 Å². The van der Waals surface area contributed by atoms with E-state index in [2.05, 4.69) is 52.1 Å². The lowest BCUT2D eigenvalue weighted by atomic mass is 10.0. The largest absolute Gasteiger partial charge is 0.378 e. The first-order valence-electron chi connectivity index (χ1n) is 9.24. The van der Waals surface area contributed by atoms with Gasteiger partial charge in [-0.2, -0.15) is 0 Å². The van der Waals surface area contributed by atoms with Gasteiger partial charge in [0.2, 0.25) is 5.91 Å². The maximum atomic E-state index is 12.2. The monoisotopic (exact) mass is 428 g/mol. The minimum absolute atomic E-state index is 0.144. The van der Waals surface area contributed by atoms with Crippen molar-refractivity contribution in [3.8, 4) is 0 Å². The van der Waals surface area contributed by atoms with Gasteiger partial charge in [0.05, 0.1) is 18.9 Å². The fourth-order valence-corrected chi connectivity index (χ4v) is 3.62. The molecule has 1 amide bonds. The zero-order valence-corrected chi connectivity index (χ0v) is 17.3. The van der Waals surface area contributed by atoms with Crippen LogP contribution in [0.2, 0.25) is 0 Å². The second-order valence-corrected chi connectivity index (χ2v) is 7.76. The average Bonchev–Trinajstić information content (AvgIpc) is 2.67. The van der Waals surface area contributed by atoms with Gasteiger partial charge in [0.1, 0.15) is 0 Å². The highest BCUT2D eigenvalue weighted by Crippen LogP contribution is 2.30. The molecule has 1 N–H and O–H groups in total. The third-order valence-corrected chi connectivity index (χ3v) is 5.23. The van der Waals surface area contributed by atoms with Crippen LogP contribution in [0.15, 0.2) is 53.0 Å². The Kier molecular flexibility index (Phi) is 6.69. The molecule has 1 aliphatic rings. The number of ether oxygens (including phenoxy) is 1. The molecule has 0 saturated carbocycles. The van der Waals surface area contributed by atoms with Crippen molar-refractivity contribution in [1.29, 1.82) is 0 Å². The number of benzene rings is 2. The number of anilines is 2. The van der Waals surface area contributed by atoms with E-state index in [1.54, 1.807) is 6.08 Å². The smallest absolute Gasteiger partial charge is 0.248 e. The fraction of sp³-hybridized carbons (Fsp3) is 0.318. The molecule has 0 aromatic heterocycles. The van der Waals surface area contributed by atoms with E-state index in [4.69, 9.17) is 4.74 Å². The Morgan fingerprint density at radius 2 is 1.85 bits per heavy atom. The van der Waals surface area contributed by atoms with Crippen LogP contribution in [-0.2, 0) is 9.53 Å². The Labute approximate surface area is 169 Å². The minimum atomic E-state index is -0.144. The lowest BCUT2D eigenvalue weighted by Gasteiger charge is -2.29. The standard InChI is InChI=1S/C22H25BrN2O2/c1-16(2)18-6-3-17(4-7-18)5-10-22(26)24-19-8-9-21(20(23)15-19)25-11-13-27-14-12-25/h3-10,15-16H,11-14H2,1-2H3,(H,24,26)/b10-5+. The molecule has 0 aliphatic carbocycles. The molecule has 0 unspecified atom stereocenters. The summed E-state index contributed by atoms with van der Waals surface area (Å²) in [7, 11) is 0. The number of hydrogen-bond donors (Lipinski definition) is 1. The highest BCUT2D eigenvalue weighted by molar-refractivity contribution is 9.10. The lowest BCUT2D eigenvalue weighted by Crippen LogP contribution is -2.36. The molecule has 2 aromatic carbocycles. The van der Waals surface area contributed by atoms with Gasteiger partial charge in [0.25, 0.3) is 0 Å². The molecule has 1 aliphatic heterocycles. The molecule has 3 rings (SSSR count). The number of hydrogen-bond acceptors (Lipinski definition) is 3.